The maximum Gasteiger partial charge on any atom is 0.309 e. The van der Waals surface area contributed by atoms with E-state index in [1.165, 1.54) is 0 Å². The van der Waals surface area contributed by atoms with Crippen molar-refractivity contribution in [2.75, 3.05) is 20.3 Å². The summed E-state index contributed by atoms with van der Waals surface area (Å²) in [4.78, 5) is 11.0. The molecule has 22 heavy (non-hydrogen) atoms. The lowest BCUT2D eigenvalue weighted by atomic mass is 9.90. The van der Waals surface area contributed by atoms with Crippen molar-refractivity contribution in [3.63, 3.8) is 0 Å². The first-order chi connectivity index (χ1) is 10.3. The molecule has 0 bridgehead atoms. The van der Waals surface area contributed by atoms with Gasteiger partial charge in [0.1, 0.15) is 0 Å². The third-order valence-corrected chi connectivity index (χ3v) is 4.00. The number of benzene rings is 1. The van der Waals surface area contributed by atoms with Crippen LogP contribution in [-0.2, 0) is 11.3 Å². The van der Waals surface area contributed by atoms with E-state index in [4.69, 9.17) is 14.6 Å². The van der Waals surface area contributed by atoms with Crippen molar-refractivity contribution in [2.24, 2.45) is 5.41 Å². The minimum atomic E-state index is -0.778. The van der Waals surface area contributed by atoms with Crippen LogP contribution in [0.25, 0.3) is 0 Å². The second-order valence-electron chi connectivity index (χ2n) is 5.66. The van der Waals surface area contributed by atoms with Gasteiger partial charge < -0.3 is 19.9 Å². The van der Waals surface area contributed by atoms with Crippen molar-refractivity contribution in [1.82, 2.24) is 5.32 Å². The second-order valence-corrected chi connectivity index (χ2v) is 6.51. The largest absolute Gasteiger partial charge is 0.493 e. The molecule has 124 valence electrons. The van der Waals surface area contributed by atoms with Crippen molar-refractivity contribution in [2.45, 2.75) is 33.7 Å². The summed E-state index contributed by atoms with van der Waals surface area (Å²) < 4.78 is 11.7. The Bertz CT molecular complexity index is 517. The van der Waals surface area contributed by atoms with Gasteiger partial charge in [-0.3, -0.25) is 4.79 Å². The lowest BCUT2D eigenvalue weighted by Gasteiger charge is -2.19. The number of carbonyl (C=O) groups is 1. The molecule has 0 aliphatic rings. The summed E-state index contributed by atoms with van der Waals surface area (Å²) in [7, 11) is 1.61. The topological polar surface area (TPSA) is 67.8 Å². The molecule has 0 aromatic heterocycles. The zero-order chi connectivity index (χ0) is 16.8. The van der Waals surface area contributed by atoms with Gasteiger partial charge in [0.25, 0.3) is 0 Å². The first kappa shape index (κ1) is 18.8. The predicted octanol–water partition coefficient (Wildman–Crippen LogP) is 3.45. The molecule has 0 aliphatic heterocycles. The zero-order valence-corrected chi connectivity index (χ0v) is 15.1. The molecule has 0 heterocycles. The Balaban J connectivity index is 2.64. The van der Waals surface area contributed by atoms with Gasteiger partial charge in [-0.25, -0.2) is 0 Å². The van der Waals surface area contributed by atoms with E-state index in [9.17, 15) is 4.79 Å². The van der Waals surface area contributed by atoms with Gasteiger partial charge in [-0.15, -0.1) is 0 Å². The third kappa shape index (κ3) is 5.18. The lowest BCUT2D eigenvalue weighted by Crippen LogP contribution is -2.28. The predicted molar refractivity (Wildman–Crippen MR) is 89.6 cm³/mol. The standard InChI is InChI=1S/C16H24BrNO4/c1-5-22-14-12(17)8-11(9-13(14)21-4)10-18-7-6-16(2,3)15(19)20/h8-9,18H,5-7,10H2,1-4H3,(H,19,20). The van der Waals surface area contributed by atoms with Crippen LogP contribution in [0, 0.1) is 5.41 Å². The smallest absolute Gasteiger partial charge is 0.309 e. The van der Waals surface area contributed by atoms with Gasteiger partial charge in [0.05, 0.1) is 23.6 Å². The summed E-state index contributed by atoms with van der Waals surface area (Å²) in [5.74, 6) is 0.597. The van der Waals surface area contributed by atoms with E-state index in [0.717, 1.165) is 10.0 Å². The minimum absolute atomic E-state index is 0.566. The Kier molecular flexibility index (Phi) is 7.16. The van der Waals surface area contributed by atoms with E-state index in [1.54, 1.807) is 21.0 Å². The summed E-state index contributed by atoms with van der Waals surface area (Å²) in [5.41, 5.74) is 0.324. The molecule has 0 saturated carbocycles. The number of carboxylic acid groups (broad SMARTS) is 1. The summed E-state index contributed by atoms with van der Waals surface area (Å²) in [5, 5.41) is 12.3. The van der Waals surface area contributed by atoms with Gasteiger partial charge in [-0.05, 0) is 67.4 Å². The summed E-state index contributed by atoms with van der Waals surface area (Å²) in [6, 6.07) is 3.90. The molecule has 0 amide bonds. The molecule has 1 rings (SSSR count). The van der Waals surface area contributed by atoms with Crippen molar-refractivity contribution < 1.29 is 19.4 Å². The van der Waals surface area contributed by atoms with Gasteiger partial charge in [0.15, 0.2) is 11.5 Å². The summed E-state index contributed by atoms with van der Waals surface area (Å²) >= 11 is 3.49. The van der Waals surface area contributed by atoms with Gasteiger partial charge in [0.2, 0.25) is 0 Å². The van der Waals surface area contributed by atoms with Crippen molar-refractivity contribution in [1.29, 1.82) is 0 Å². The number of carboxylic acids is 1. The average molecular weight is 374 g/mol. The van der Waals surface area contributed by atoms with E-state index < -0.39 is 11.4 Å². The van der Waals surface area contributed by atoms with Gasteiger partial charge in [-0.1, -0.05) is 0 Å². The Morgan fingerprint density at radius 3 is 2.64 bits per heavy atom. The molecular weight excluding hydrogens is 350 g/mol. The van der Waals surface area contributed by atoms with Crippen LogP contribution in [0.5, 0.6) is 11.5 Å². The molecule has 2 N–H and O–H groups in total. The molecule has 5 nitrogen and oxygen atoms in total. The fourth-order valence-electron chi connectivity index (χ4n) is 1.90. The molecule has 6 heteroatoms. The molecule has 0 unspecified atom stereocenters. The maximum atomic E-state index is 11.0. The number of halogens is 1. The normalized spacial score (nSPS) is 11.3. The van der Waals surface area contributed by atoms with Gasteiger partial charge in [-0.2, -0.15) is 0 Å². The number of nitrogens with one attached hydrogen (secondary N) is 1. The number of hydrogen-bond donors (Lipinski definition) is 2. The molecule has 0 fully saturated rings. The highest BCUT2D eigenvalue weighted by Gasteiger charge is 2.26. The van der Waals surface area contributed by atoms with Crippen LogP contribution < -0.4 is 14.8 Å². The van der Waals surface area contributed by atoms with Crippen LogP contribution in [0.2, 0.25) is 0 Å². The van der Waals surface area contributed by atoms with Crippen molar-refractivity contribution >= 4 is 21.9 Å². The molecular formula is C16H24BrNO4. The van der Waals surface area contributed by atoms with Crippen LogP contribution in [0.1, 0.15) is 32.8 Å². The number of rotatable bonds is 9. The Morgan fingerprint density at radius 2 is 2.09 bits per heavy atom. The quantitative estimate of drug-likeness (QED) is 0.648. The monoisotopic (exact) mass is 373 g/mol. The van der Waals surface area contributed by atoms with E-state index in [0.29, 0.717) is 37.6 Å². The highest BCUT2D eigenvalue weighted by molar-refractivity contribution is 9.10. The molecule has 1 aromatic rings. The van der Waals surface area contributed by atoms with Crippen molar-refractivity contribution in [3.8, 4) is 11.5 Å². The molecule has 0 saturated heterocycles. The van der Waals surface area contributed by atoms with Crippen molar-refractivity contribution in [3.05, 3.63) is 22.2 Å². The second kappa shape index (κ2) is 8.39. The first-order valence-electron chi connectivity index (χ1n) is 7.25. The number of methoxy groups -OCH3 is 1. The third-order valence-electron chi connectivity index (χ3n) is 3.41. The van der Waals surface area contributed by atoms with Gasteiger partial charge in [0, 0.05) is 6.54 Å². The van der Waals surface area contributed by atoms with Gasteiger partial charge >= 0.3 is 5.97 Å². The van der Waals surface area contributed by atoms with Crippen LogP contribution >= 0.6 is 15.9 Å². The number of ether oxygens (including phenoxy) is 2. The minimum Gasteiger partial charge on any atom is -0.493 e. The summed E-state index contributed by atoms with van der Waals surface area (Å²) in [6.07, 6.45) is 0.567. The highest BCUT2D eigenvalue weighted by atomic mass is 79.9. The van der Waals surface area contributed by atoms with Crippen LogP contribution in [0.4, 0.5) is 0 Å². The highest BCUT2D eigenvalue weighted by Crippen LogP contribution is 2.36. The van der Waals surface area contributed by atoms with E-state index in [2.05, 4.69) is 21.2 Å². The van der Waals surface area contributed by atoms with E-state index >= 15 is 0 Å². The SMILES string of the molecule is CCOc1c(Br)cc(CNCCC(C)(C)C(=O)O)cc1OC. The van der Waals surface area contributed by atoms with E-state index in [-0.39, 0.29) is 0 Å². The Labute approximate surface area is 140 Å². The Hall–Kier alpha value is -1.27. The molecule has 0 radical (unpaired) electrons. The lowest BCUT2D eigenvalue weighted by molar-refractivity contribution is -0.147. The maximum absolute atomic E-state index is 11.0. The van der Waals surface area contributed by atoms with Crippen LogP contribution in [0.3, 0.4) is 0 Å². The summed E-state index contributed by atoms with van der Waals surface area (Å²) in [6.45, 7) is 7.22. The average Bonchev–Trinajstić information content (AvgIpc) is 2.46. The fourth-order valence-corrected chi connectivity index (χ4v) is 2.50. The zero-order valence-electron chi connectivity index (χ0n) is 13.5. The molecule has 1 aromatic carbocycles. The number of aliphatic carboxylic acids is 1. The Morgan fingerprint density at radius 1 is 1.41 bits per heavy atom. The number of hydrogen-bond acceptors (Lipinski definition) is 4. The van der Waals surface area contributed by atoms with Crippen LogP contribution in [0.15, 0.2) is 16.6 Å². The fraction of sp³-hybridized carbons (Fsp3) is 0.562. The van der Waals surface area contributed by atoms with Crippen LogP contribution in [-0.4, -0.2) is 31.3 Å². The molecule has 0 spiro atoms. The molecule has 0 aliphatic carbocycles. The molecule has 0 atom stereocenters. The first-order valence-corrected chi connectivity index (χ1v) is 8.04. The van der Waals surface area contributed by atoms with E-state index in [1.807, 2.05) is 19.1 Å².